The minimum absolute atomic E-state index is 0. The molecule has 0 heterocycles. The van der Waals surface area contributed by atoms with E-state index >= 15 is 0 Å². The van der Waals surface area contributed by atoms with Gasteiger partial charge in [-0.2, -0.15) is 35.4 Å². The van der Waals surface area contributed by atoms with E-state index < -0.39 is 0 Å². The average Bonchev–Trinajstić information content (AvgIpc) is 2.93. The Hall–Kier alpha value is 0.0506. The number of hydrogen-bond donors (Lipinski definition) is 0. The van der Waals surface area contributed by atoms with Crippen LogP contribution in [-0.4, -0.2) is 0 Å². The van der Waals surface area contributed by atoms with Gasteiger partial charge in [0.2, 0.25) is 0 Å². The quantitative estimate of drug-likeness (QED) is 0.658. The van der Waals surface area contributed by atoms with Gasteiger partial charge in [0.15, 0.2) is 0 Å². The second-order valence-corrected chi connectivity index (χ2v) is 4.75. The summed E-state index contributed by atoms with van der Waals surface area (Å²) in [7, 11) is 0. The largest absolute Gasteiger partial charge is 0.213 e. The Morgan fingerprint density at radius 3 is 0.941 bits per heavy atom. The second kappa shape index (κ2) is 9.04. The minimum Gasteiger partial charge on any atom is -0.213 e. The number of rotatable bonds is 2. The molecule has 2 aromatic carbocycles. The molecule has 0 amide bonds. The van der Waals surface area contributed by atoms with Crippen LogP contribution in [0.4, 0.5) is 0 Å². The molecule has 0 unspecified atom stereocenters. The van der Waals surface area contributed by atoms with Gasteiger partial charge in [0.05, 0.1) is 0 Å². The molecular weight excluding hydrogens is 336 g/mol. The monoisotopic (exact) mass is 356 g/mol. The smallest absolute Gasteiger partial charge is 0 e. The maximum absolute atomic E-state index is 2.20. The van der Waals surface area contributed by atoms with Gasteiger partial charge in [-0.05, 0) is 0 Å². The Labute approximate surface area is 139 Å². The van der Waals surface area contributed by atoms with E-state index in [2.05, 4.69) is 76.2 Å². The van der Waals surface area contributed by atoms with Crippen LogP contribution in [0.25, 0.3) is 0 Å². The first-order chi connectivity index (χ1) is 7.61. The van der Waals surface area contributed by atoms with Crippen molar-refractivity contribution >= 4 is 0 Å². The Bertz CT molecular complexity index is 314. The molecule has 0 bridgehead atoms. The molecular formula is C16H22Nd-2. The van der Waals surface area contributed by atoms with Crippen LogP contribution in [0.3, 0.4) is 0 Å². The third kappa shape index (κ3) is 6.52. The molecule has 0 N–H and O–H groups in total. The first-order valence-electron chi connectivity index (χ1n) is 6.04. The van der Waals surface area contributed by atoms with Gasteiger partial charge in [0.25, 0.3) is 0 Å². The SMILES string of the molecule is CC(C)[c-]1cccc1.CC(C)[c-]1cccc1.[Nd]. The molecule has 0 aromatic heterocycles. The number of hydrogen-bond acceptors (Lipinski definition) is 0. The molecule has 0 spiro atoms. The zero-order chi connectivity index (χ0) is 12.0. The van der Waals surface area contributed by atoms with Crippen LogP contribution in [0.5, 0.6) is 0 Å². The third-order valence-corrected chi connectivity index (χ3v) is 2.71. The molecule has 0 saturated heterocycles. The van der Waals surface area contributed by atoms with Crippen molar-refractivity contribution in [3.8, 4) is 0 Å². The van der Waals surface area contributed by atoms with Gasteiger partial charge in [0.1, 0.15) is 0 Å². The minimum atomic E-state index is 0. The second-order valence-electron chi connectivity index (χ2n) is 4.75. The maximum Gasteiger partial charge on any atom is 0 e. The fraction of sp³-hybridized carbons (Fsp3) is 0.375. The zero-order valence-electron chi connectivity index (χ0n) is 11.3. The molecule has 0 atom stereocenters. The van der Waals surface area contributed by atoms with E-state index in [4.69, 9.17) is 0 Å². The van der Waals surface area contributed by atoms with Gasteiger partial charge >= 0.3 is 0 Å². The summed E-state index contributed by atoms with van der Waals surface area (Å²) in [5, 5.41) is 0. The summed E-state index contributed by atoms with van der Waals surface area (Å²) in [6.07, 6.45) is 0. The summed E-state index contributed by atoms with van der Waals surface area (Å²) in [6, 6.07) is 16.9. The van der Waals surface area contributed by atoms with Gasteiger partial charge < -0.3 is 0 Å². The first kappa shape index (κ1) is 17.1. The third-order valence-electron chi connectivity index (χ3n) is 2.71. The van der Waals surface area contributed by atoms with E-state index in [-0.39, 0.29) is 40.8 Å². The van der Waals surface area contributed by atoms with Crippen LogP contribution in [0.2, 0.25) is 0 Å². The summed E-state index contributed by atoms with van der Waals surface area (Å²) < 4.78 is 0. The molecule has 0 saturated carbocycles. The molecule has 1 heteroatoms. The van der Waals surface area contributed by atoms with Crippen molar-refractivity contribution < 1.29 is 40.8 Å². The molecule has 0 nitrogen and oxygen atoms in total. The van der Waals surface area contributed by atoms with Crippen molar-refractivity contribution in [1.82, 2.24) is 0 Å². The molecule has 0 aliphatic rings. The van der Waals surface area contributed by atoms with Crippen molar-refractivity contribution in [3.63, 3.8) is 0 Å². The van der Waals surface area contributed by atoms with E-state index in [0.717, 1.165) is 0 Å². The van der Waals surface area contributed by atoms with Crippen LogP contribution >= 0.6 is 0 Å². The molecule has 17 heavy (non-hydrogen) atoms. The van der Waals surface area contributed by atoms with Gasteiger partial charge in [-0.1, -0.05) is 39.5 Å². The molecule has 0 aliphatic carbocycles. The summed E-state index contributed by atoms with van der Waals surface area (Å²) in [5.41, 5.74) is 2.87. The predicted molar refractivity (Wildman–Crippen MR) is 72.2 cm³/mol. The van der Waals surface area contributed by atoms with Gasteiger partial charge in [-0.3, -0.25) is 0 Å². The standard InChI is InChI=1S/2C8H11.Nd/c2*1-7(2)8-5-3-4-6-8;/h2*3-7H,1-2H3;/q2*-1;. The molecule has 0 radical (unpaired) electrons. The van der Waals surface area contributed by atoms with Gasteiger partial charge in [-0.25, -0.2) is 24.3 Å². The predicted octanol–water partition coefficient (Wildman–Crippen LogP) is 5.06. The van der Waals surface area contributed by atoms with Crippen LogP contribution in [-0.2, 0) is 0 Å². The summed E-state index contributed by atoms with van der Waals surface area (Å²) >= 11 is 0. The van der Waals surface area contributed by atoms with Crippen LogP contribution < -0.4 is 0 Å². The van der Waals surface area contributed by atoms with Crippen molar-refractivity contribution in [3.05, 3.63) is 59.7 Å². The van der Waals surface area contributed by atoms with E-state index in [0.29, 0.717) is 11.8 Å². The zero-order valence-corrected chi connectivity index (χ0v) is 14.5. The summed E-state index contributed by atoms with van der Waals surface area (Å²) in [6.45, 7) is 8.81. The fourth-order valence-electron chi connectivity index (χ4n) is 1.55. The molecule has 92 valence electrons. The summed E-state index contributed by atoms with van der Waals surface area (Å²) in [4.78, 5) is 0. The van der Waals surface area contributed by atoms with Gasteiger partial charge in [0, 0.05) is 40.8 Å². The molecule has 2 rings (SSSR count). The van der Waals surface area contributed by atoms with Crippen LogP contribution in [0.15, 0.2) is 48.5 Å². The van der Waals surface area contributed by atoms with Crippen molar-refractivity contribution in [2.75, 3.05) is 0 Å². The summed E-state index contributed by atoms with van der Waals surface area (Å²) in [5.74, 6) is 1.37. The van der Waals surface area contributed by atoms with E-state index in [1.807, 2.05) is 0 Å². The molecule has 0 aliphatic heterocycles. The molecule has 0 fully saturated rings. The maximum atomic E-state index is 2.20. The van der Waals surface area contributed by atoms with Crippen LogP contribution in [0, 0.1) is 40.8 Å². The van der Waals surface area contributed by atoms with Crippen LogP contribution in [0.1, 0.15) is 50.7 Å². The molecule has 2 aromatic rings. The average molecular weight is 359 g/mol. The van der Waals surface area contributed by atoms with Gasteiger partial charge in [-0.15, -0.1) is 0 Å². The van der Waals surface area contributed by atoms with E-state index in [9.17, 15) is 0 Å². The Balaban J connectivity index is 0.000000284. The van der Waals surface area contributed by atoms with E-state index in [1.54, 1.807) is 0 Å². The Kier molecular flexibility index (Phi) is 9.07. The van der Waals surface area contributed by atoms with Crippen molar-refractivity contribution in [1.29, 1.82) is 0 Å². The van der Waals surface area contributed by atoms with E-state index in [1.165, 1.54) is 11.1 Å². The van der Waals surface area contributed by atoms with Crippen molar-refractivity contribution in [2.45, 2.75) is 39.5 Å². The normalized spacial score (nSPS) is 9.76. The van der Waals surface area contributed by atoms with Crippen molar-refractivity contribution in [2.24, 2.45) is 0 Å². The Morgan fingerprint density at radius 2 is 0.824 bits per heavy atom. The Morgan fingerprint density at radius 1 is 0.588 bits per heavy atom. The first-order valence-corrected chi connectivity index (χ1v) is 6.04. The topological polar surface area (TPSA) is 0 Å². The fourth-order valence-corrected chi connectivity index (χ4v) is 1.55.